The standard InChI is InChI=1S/C19H23N3O2/c1-4-17(21-16-10-5-7-13(2)11-16)19(24)22-20-12-15-9-6-8-14(3)18(15)23/h5-12,17,21,23H,4H2,1-3H3,(H,22,24). The van der Waals surface area contributed by atoms with Crippen molar-refractivity contribution < 1.29 is 9.90 Å². The van der Waals surface area contributed by atoms with E-state index in [1.807, 2.05) is 57.2 Å². The van der Waals surface area contributed by atoms with Crippen molar-refractivity contribution in [1.82, 2.24) is 5.43 Å². The monoisotopic (exact) mass is 325 g/mol. The molecule has 0 heterocycles. The SMILES string of the molecule is CCC(Nc1cccc(C)c1)C(=O)NN=Cc1cccc(C)c1O. The van der Waals surface area contributed by atoms with E-state index in [-0.39, 0.29) is 17.7 Å². The number of hydrogen-bond donors (Lipinski definition) is 3. The first-order valence-corrected chi connectivity index (χ1v) is 7.96. The number of anilines is 1. The van der Waals surface area contributed by atoms with Gasteiger partial charge in [0.05, 0.1) is 6.21 Å². The van der Waals surface area contributed by atoms with E-state index in [2.05, 4.69) is 15.8 Å². The molecule has 0 fully saturated rings. The zero-order chi connectivity index (χ0) is 17.5. The minimum atomic E-state index is -0.380. The summed E-state index contributed by atoms with van der Waals surface area (Å²) in [6.45, 7) is 5.75. The topological polar surface area (TPSA) is 73.7 Å². The third kappa shape index (κ3) is 4.59. The van der Waals surface area contributed by atoms with Gasteiger partial charge in [0.25, 0.3) is 5.91 Å². The van der Waals surface area contributed by atoms with E-state index >= 15 is 0 Å². The average Bonchev–Trinajstić information content (AvgIpc) is 2.56. The molecule has 0 spiro atoms. The summed E-state index contributed by atoms with van der Waals surface area (Å²) in [5, 5.41) is 17.1. The predicted molar refractivity (Wildman–Crippen MR) is 97.5 cm³/mol. The second kappa shape index (κ2) is 8.15. The quantitative estimate of drug-likeness (QED) is 0.563. The Bertz CT molecular complexity index is 741. The smallest absolute Gasteiger partial charge is 0.262 e. The molecule has 0 aliphatic rings. The predicted octanol–water partition coefficient (Wildman–Crippen LogP) is 3.35. The van der Waals surface area contributed by atoms with Crippen LogP contribution >= 0.6 is 0 Å². The molecule has 126 valence electrons. The molecule has 2 rings (SSSR count). The Hall–Kier alpha value is -2.82. The Labute approximate surface area is 142 Å². The first-order chi connectivity index (χ1) is 11.5. The van der Waals surface area contributed by atoms with Crippen LogP contribution in [0.25, 0.3) is 0 Å². The van der Waals surface area contributed by atoms with Crippen LogP contribution in [-0.4, -0.2) is 23.3 Å². The summed E-state index contributed by atoms with van der Waals surface area (Å²) in [5.74, 6) is -0.0529. The van der Waals surface area contributed by atoms with Crippen molar-refractivity contribution in [3.63, 3.8) is 0 Å². The van der Waals surface area contributed by atoms with E-state index in [0.717, 1.165) is 16.8 Å². The first kappa shape index (κ1) is 17.5. The van der Waals surface area contributed by atoms with Gasteiger partial charge in [-0.15, -0.1) is 0 Å². The second-order valence-electron chi connectivity index (χ2n) is 5.72. The fourth-order valence-electron chi connectivity index (χ4n) is 2.32. The van der Waals surface area contributed by atoms with Gasteiger partial charge < -0.3 is 10.4 Å². The summed E-state index contributed by atoms with van der Waals surface area (Å²) in [4.78, 5) is 12.3. The molecule has 2 aromatic rings. The number of para-hydroxylation sites is 1. The summed E-state index contributed by atoms with van der Waals surface area (Å²) in [6, 6.07) is 12.9. The lowest BCUT2D eigenvalue weighted by Gasteiger charge is -2.16. The molecule has 1 unspecified atom stereocenters. The van der Waals surface area contributed by atoms with Crippen LogP contribution in [0.3, 0.4) is 0 Å². The maximum absolute atomic E-state index is 12.3. The van der Waals surface area contributed by atoms with Crippen molar-refractivity contribution in [2.45, 2.75) is 33.2 Å². The highest BCUT2D eigenvalue weighted by atomic mass is 16.3. The molecule has 0 bridgehead atoms. The minimum absolute atomic E-state index is 0.167. The molecule has 0 aromatic heterocycles. The number of nitrogens with one attached hydrogen (secondary N) is 2. The van der Waals surface area contributed by atoms with Crippen molar-refractivity contribution >= 4 is 17.8 Å². The van der Waals surface area contributed by atoms with E-state index in [1.165, 1.54) is 6.21 Å². The number of phenols is 1. The van der Waals surface area contributed by atoms with E-state index in [9.17, 15) is 9.90 Å². The van der Waals surface area contributed by atoms with Crippen LogP contribution in [0.5, 0.6) is 5.75 Å². The Morgan fingerprint density at radius 3 is 2.71 bits per heavy atom. The molecule has 5 heteroatoms. The number of phenolic OH excluding ortho intramolecular Hbond substituents is 1. The Balaban J connectivity index is 1.99. The molecule has 1 amide bonds. The Kier molecular flexibility index (Phi) is 5.95. The summed E-state index contributed by atoms with van der Waals surface area (Å²) in [7, 11) is 0. The maximum Gasteiger partial charge on any atom is 0.262 e. The molecular weight excluding hydrogens is 302 g/mol. The summed E-state index contributed by atoms with van der Waals surface area (Å²) in [5.41, 5.74) is 5.88. The van der Waals surface area contributed by atoms with Gasteiger partial charge in [-0.3, -0.25) is 4.79 Å². The van der Waals surface area contributed by atoms with Gasteiger partial charge in [0.1, 0.15) is 11.8 Å². The number of carbonyl (C=O) groups excluding carboxylic acids is 1. The fourth-order valence-corrected chi connectivity index (χ4v) is 2.32. The number of aryl methyl sites for hydroxylation is 2. The molecule has 5 nitrogen and oxygen atoms in total. The van der Waals surface area contributed by atoms with Gasteiger partial charge in [0.15, 0.2) is 0 Å². The van der Waals surface area contributed by atoms with Crippen molar-refractivity contribution in [2.24, 2.45) is 5.10 Å². The maximum atomic E-state index is 12.3. The summed E-state index contributed by atoms with van der Waals surface area (Å²) in [6.07, 6.45) is 2.07. The van der Waals surface area contributed by atoms with E-state index < -0.39 is 0 Å². The lowest BCUT2D eigenvalue weighted by Crippen LogP contribution is -2.36. The molecule has 0 saturated heterocycles. The van der Waals surface area contributed by atoms with Crippen molar-refractivity contribution in [1.29, 1.82) is 0 Å². The normalized spacial score (nSPS) is 12.1. The number of hydrogen-bond acceptors (Lipinski definition) is 4. The third-order valence-electron chi connectivity index (χ3n) is 3.73. The molecule has 0 saturated carbocycles. The molecule has 0 aliphatic carbocycles. The highest BCUT2D eigenvalue weighted by Gasteiger charge is 2.15. The van der Waals surface area contributed by atoms with Crippen LogP contribution in [-0.2, 0) is 4.79 Å². The van der Waals surface area contributed by atoms with Gasteiger partial charge in [-0.2, -0.15) is 5.10 Å². The lowest BCUT2D eigenvalue weighted by molar-refractivity contribution is -0.121. The molecule has 3 N–H and O–H groups in total. The average molecular weight is 325 g/mol. The summed E-state index contributed by atoms with van der Waals surface area (Å²) < 4.78 is 0. The molecule has 2 aromatic carbocycles. The Morgan fingerprint density at radius 1 is 1.25 bits per heavy atom. The van der Waals surface area contributed by atoms with Crippen LogP contribution < -0.4 is 10.7 Å². The number of rotatable bonds is 6. The van der Waals surface area contributed by atoms with Gasteiger partial charge in [-0.05, 0) is 49.6 Å². The van der Waals surface area contributed by atoms with Crippen LogP contribution in [0.15, 0.2) is 47.6 Å². The minimum Gasteiger partial charge on any atom is -0.507 e. The molecule has 1 atom stereocenters. The van der Waals surface area contributed by atoms with Gasteiger partial charge in [0, 0.05) is 11.3 Å². The number of amides is 1. The van der Waals surface area contributed by atoms with Crippen molar-refractivity contribution in [2.75, 3.05) is 5.32 Å². The molecular formula is C19H23N3O2. The van der Waals surface area contributed by atoms with Gasteiger partial charge >= 0.3 is 0 Å². The van der Waals surface area contributed by atoms with E-state index in [1.54, 1.807) is 6.07 Å². The van der Waals surface area contributed by atoms with E-state index in [4.69, 9.17) is 0 Å². The summed E-state index contributed by atoms with van der Waals surface area (Å²) >= 11 is 0. The number of hydrazone groups is 1. The zero-order valence-electron chi connectivity index (χ0n) is 14.2. The van der Waals surface area contributed by atoms with Gasteiger partial charge in [-0.25, -0.2) is 5.43 Å². The largest absolute Gasteiger partial charge is 0.507 e. The number of carbonyl (C=O) groups is 1. The highest BCUT2D eigenvalue weighted by molar-refractivity contribution is 5.88. The van der Waals surface area contributed by atoms with Crippen molar-refractivity contribution in [3.8, 4) is 5.75 Å². The number of benzene rings is 2. The molecule has 24 heavy (non-hydrogen) atoms. The number of nitrogens with zero attached hydrogens (tertiary/aromatic N) is 1. The van der Waals surface area contributed by atoms with Crippen LogP contribution in [0.2, 0.25) is 0 Å². The van der Waals surface area contributed by atoms with Crippen LogP contribution in [0, 0.1) is 13.8 Å². The van der Waals surface area contributed by atoms with Crippen molar-refractivity contribution in [3.05, 3.63) is 59.2 Å². The van der Waals surface area contributed by atoms with E-state index in [0.29, 0.717) is 12.0 Å². The molecule has 0 aliphatic heterocycles. The van der Waals surface area contributed by atoms with Crippen LogP contribution in [0.1, 0.15) is 30.0 Å². The second-order valence-corrected chi connectivity index (χ2v) is 5.72. The van der Waals surface area contributed by atoms with Crippen LogP contribution in [0.4, 0.5) is 5.69 Å². The highest BCUT2D eigenvalue weighted by Crippen LogP contribution is 2.19. The molecule has 0 radical (unpaired) electrons. The Morgan fingerprint density at radius 2 is 2.00 bits per heavy atom. The first-order valence-electron chi connectivity index (χ1n) is 7.96. The van der Waals surface area contributed by atoms with Gasteiger partial charge in [0.2, 0.25) is 0 Å². The van der Waals surface area contributed by atoms with Gasteiger partial charge in [-0.1, -0.05) is 31.2 Å². The lowest BCUT2D eigenvalue weighted by atomic mass is 10.1. The number of aromatic hydroxyl groups is 1. The fraction of sp³-hybridized carbons (Fsp3) is 0.263. The third-order valence-corrected chi connectivity index (χ3v) is 3.73. The zero-order valence-corrected chi connectivity index (χ0v) is 14.2.